The van der Waals surface area contributed by atoms with Crippen LogP contribution in [0.1, 0.15) is 37.4 Å². The monoisotopic (exact) mass is 297 g/mol. The number of ketones is 2. The van der Waals surface area contributed by atoms with Crippen molar-refractivity contribution in [3.05, 3.63) is 70.3 Å². The van der Waals surface area contributed by atoms with Gasteiger partial charge in [-0.05, 0) is 29.5 Å². The summed E-state index contributed by atoms with van der Waals surface area (Å²) in [6.45, 7) is 0. The average Bonchev–Trinajstić information content (AvgIpc) is 2.50. The molecule has 0 spiro atoms. The van der Waals surface area contributed by atoms with E-state index >= 15 is 0 Å². The van der Waals surface area contributed by atoms with Crippen molar-refractivity contribution >= 4 is 28.5 Å². The maximum Gasteiger partial charge on any atom is 0.300 e. The zero-order chi connectivity index (χ0) is 15.0. The van der Waals surface area contributed by atoms with Crippen molar-refractivity contribution in [1.82, 2.24) is 0 Å². The summed E-state index contributed by atoms with van der Waals surface area (Å²) in [5.41, 5.74) is 8.18. The van der Waals surface area contributed by atoms with Crippen LogP contribution in [0.3, 0.4) is 0 Å². The lowest BCUT2D eigenvalue weighted by molar-refractivity contribution is -0.110. The quantitative estimate of drug-likeness (QED) is 0.540. The molecular formula is C16H13N2O2S+. The fourth-order valence-corrected chi connectivity index (χ4v) is 2.92. The first-order valence-electron chi connectivity index (χ1n) is 6.40. The van der Waals surface area contributed by atoms with Gasteiger partial charge in [0.2, 0.25) is 0 Å². The van der Waals surface area contributed by atoms with Crippen molar-refractivity contribution in [3.8, 4) is 0 Å². The summed E-state index contributed by atoms with van der Waals surface area (Å²) in [6.07, 6.45) is 0. The molecular weight excluding hydrogens is 284 g/mol. The van der Waals surface area contributed by atoms with Gasteiger partial charge in [0.15, 0.2) is 11.6 Å². The summed E-state index contributed by atoms with van der Waals surface area (Å²) in [7, 11) is 0. The molecule has 0 atom stereocenters. The summed E-state index contributed by atoms with van der Waals surface area (Å²) in [4.78, 5) is 25.0. The van der Waals surface area contributed by atoms with Gasteiger partial charge in [0.1, 0.15) is 0 Å². The minimum atomic E-state index is -0.114. The molecule has 4 nitrogen and oxygen atoms in total. The summed E-state index contributed by atoms with van der Waals surface area (Å²) >= 11 is 1.30. The molecule has 2 aromatic rings. The first-order chi connectivity index (χ1) is 10.1. The van der Waals surface area contributed by atoms with Crippen LogP contribution < -0.4 is 11.1 Å². The smallest absolute Gasteiger partial charge is 0.289 e. The van der Waals surface area contributed by atoms with Gasteiger partial charge in [-0.1, -0.05) is 30.3 Å². The van der Waals surface area contributed by atoms with Gasteiger partial charge in [0, 0.05) is 28.0 Å². The van der Waals surface area contributed by atoms with Crippen LogP contribution in [-0.4, -0.2) is 16.7 Å². The van der Waals surface area contributed by atoms with Crippen molar-refractivity contribution in [1.29, 1.82) is 0 Å². The second-order valence-corrected chi connectivity index (χ2v) is 5.82. The van der Waals surface area contributed by atoms with E-state index in [1.165, 1.54) is 11.8 Å². The van der Waals surface area contributed by atoms with Gasteiger partial charge in [-0.3, -0.25) is 20.7 Å². The molecule has 0 saturated heterocycles. The van der Waals surface area contributed by atoms with Crippen LogP contribution in [0.25, 0.3) is 0 Å². The molecule has 1 aliphatic rings. The maximum absolute atomic E-state index is 12.5. The highest BCUT2D eigenvalue weighted by Crippen LogP contribution is 2.28. The standard InChI is InChI=1S/C16H12N2O2S/c17-16(18)21-8-9-5-6-12-13(7-9)15(20)11-4-2-1-3-10(11)14(12)19/h1-7H,8H2,(H3,17,18)/p+1. The van der Waals surface area contributed by atoms with E-state index < -0.39 is 0 Å². The van der Waals surface area contributed by atoms with Gasteiger partial charge in [-0.25, -0.2) is 0 Å². The Kier molecular flexibility index (Phi) is 3.35. The van der Waals surface area contributed by atoms with Crippen molar-refractivity contribution in [2.45, 2.75) is 5.75 Å². The van der Waals surface area contributed by atoms with Crippen molar-refractivity contribution in [2.24, 2.45) is 5.73 Å². The summed E-state index contributed by atoms with van der Waals surface area (Å²) in [6, 6.07) is 12.2. The Balaban J connectivity index is 2.04. The van der Waals surface area contributed by atoms with E-state index in [1.807, 2.05) is 6.07 Å². The number of rotatable bonds is 2. The van der Waals surface area contributed by atoms with Crippen LogP contribution in [0.4, 0.5) is 0 Å². The van der Waals surface area contributed by atoms with Crippen molar-refractivity contribution in [3.63, 3.8) is 0 Å². The molecule has 0 radical (unpaired) electrons. The molecule has 0 unspecified atom stereocenters. The Morgan fingerprint density at radius 3 is 2.14 bits per heavy atom. The molecule has 104 valence electrons. The molecule has 1 aliphatic carbocycles. The minimum absolute atomic E-state index is 0.107. The molecule has 0 amide bonds. The lowest BCUT2D eigenvalue weighted by Gasteiger charge is -2.17. The zero-order valence-electron chi connectivity index (χ0n) is 11.1. The largest absolute Gasteiger partial charge is 0.300 e. The van der Waals surface area contributed by atoms with E-state index in [0.717, 1.165) is 5.56 Å². The van der Waals surface area contributed by atoms with Gasteiger partial charge in [-0.2, -0.15) is 0 Å². The van der Waals surface area contributed by atoms with E-state index in [2.05, 4.69) is 0 Å². The van der Waals surface area contributed by atoms with Crippen LogP contribution in [0.5, 0.6) is 0 Å². The number of carbonyl (C=O) groups excluding carboxylic acids is 2. The van der Waals surface area contributed by atoms with Gasteiger partial charge in [0.05, 0.1) is 0 Å². The topological polar surface area (TPSA) is 85.8 Å². The fraction of sp³-hybridized carbons (Fsp3) is 0.0625. The van der Waals surface area contributed by atoms with Gasteiger partial charge in [0.25, 0.3) is 5.17 Å². The van der Waals surface area contributed by atoms with Crippen LogP contribution in [0.15, 0.2) is 42.5 Å². The predicted molar refractivity (Wildman–Crippen MR) is 82.2 cm³/mol. The van der Waals surface area contributed by atoms with Gasteiger partial charge in [-0.15, -0.1) is 0 Å². The maximum atomic E-state index is 12.5. The molecule has 3 rings (SSSR count). The fourth-order valence-electron chi connectivity index (χ4n) is 2.40. The number of hydrogen-bond acceptors (Lipinski definition) is 3. The summed E-state index contributed by atoms with van der Waals surface area (Å²) in [5, 5.41) is 5.71. The first kappa shape index (κ1) is 13.6. The average molecular weight is 297 g/mol. The Hall–Kier alpha value is -2.40. The molecule has 0 saturated carbocycles. The summed E-state index contributed by atoms with van der Waals surface area (Å²) < 4.78 is 0. The van der Waals surface area contributed by atoms with E-state index in [0.29, 0.717) is 28.0 Å². The second kappa shape index (κ2) is 5.18. The third kappa shape index (κ3) is 2.36. The Bertz CT molecular complexity index is 784. The number of thioether (sulfide) groups is 1. The highest BCUT2D eigenvalue weighted by Gasteiger charge is 2.29. The van der Waals surface area contributed by atoms with E-state index in [-0.39, 0.29) is 16.7 Å². The number of hydrogen-bond donors (Lipinski definition) is 2. The van der Waals surface area contributed by atoms with Gasteiger partial charge >= 0.3 is 0 Å². The van der Waals surface area contributed by atoms with Crippen LogP contribution >= 0.6 is 11.8 Å². The number of nitrogens with two attached hydrogens (primary N) is 2. The number of amidine groups is 1. The molecule has 0 aliphatic heterocycles. The van der Waals surface area contributed by atoms with Crippen LogP contribution in [0.2, 0.25) is 0 Å². The number of benzene rings is 2. The molecule has 5 heteroatoms. The first-order valence-corrected chi connectivity index (χ1v) is 7.38. The third-order valence-electron chi connectivity index (χ3n) is 3.40. The highest BCUT2D eigenvalue weighted by molar-refractivity contribution is 8.12. The molecule has 0 aromatic heterocycles. The van der Waals surface area contributed by atoms with Crippen molar-refractivity contribution in [2.75, 3.05) is 0 Å². The van der Waals surface area contributed by atoms with Crippen LogP contribution in [0, 0.1) is 0 Å². The third-order valence-corrected chi connectivity index (χ3v) is 4.21. The Morgan fingerprint density at radius 2 is 1.52 bits per heavy atom. The van der Waals surface area contributed by atoms with Gasteiger partial charge < -0.3 is 0 Å². The normalized spacial score (nSPS) is 12.8. The lowest BCUT2D eigenvalue weighted by Crippen LogP contribution is -2.43. The SMILES string of the molecule is NC(=[NH2+])SCc1ccc2c(c1)C(=O)c1ccccc1C2=O. The van der Waals surface area contributed by atoms with Crippen LogP contribution in [-0.2, 0) is 5.75 Å². The van der Waals surface area contributed by atoms with Crippen molar-refractivity contribution < 1.29 is 15.0 Å². The van der Waals surface area contributed by atoms with E-state index in [9.17, 15) is 9.59 Å². The van der Waals surface area contributed by atoms with E-state index in [1.54, 1.807) is 36.4 Å². The molecule has 2 aromatic carbocycles. The Labute approximate surface area is 125 Å². The minimum Gasteiger partial charge on any atom is -0.289 e. The van der Waals surface area contributed by atoms with E-state index in [4.69, 9.17) is 11.1 Å². The molecule has 4 N–H and O–H groups in total. The summed E-state index contributed by atoms with van der Waals surface area (Å²) in [5.74, 6) is 0.347. The molecule has 0 bridgehead atoms. The lowest BCUT2D eigenvalue weighted by atomic mass is 9.83. The highest BCUT2D eigenvalue weighted by atomic mass is 32.2. The molecule has 0 fully saturated rings. The zero-order valence-corrected chi connectivity index (χ0v) is 11.9. The Morgan fingerprint density at radius 1 is 0.952 bits per heavy atom. The second-order valence-electron chi connectivity index (χ2n) is 4.77. The predicted octanol–water partition coefficient (Wildman–Crippen LogP) is 0.769. The molecule has 0 heterocycles. The number of carbonyl (C=O) groups is 2. The number of fused-ring (bicyclic) bond motifs is 2. The molecule has 21 heavy (non-hydrogen) atoms.